The number of nitrogens with one attached hydrogen (secondary N) is 1. The Morgan fingerprint density at radius 1 is 1.06 bits per heavy atom. The third-order valence-corrected chi connectivity index (χ3v) is 6.50. The molecule has 1 N–H and O–H groups in total. The summed E-state index contributed by atoms with van der Waals surface area (Å²) in [5, 5.41) is 11.3. The number of benzene rings is 2. The molecule has 3 heterocycles. The Bertz CT molecular complexity index is 1160. The van der Waals surface area contributed by atoms with Crippen LogP contribution in [0.25, 0.3) is 0 Å². The molecule has 1 aromatic heterocycles. The van der Waals surface area contributed by atoms with Crippen LogP contribution in [0, 0.1) is 11.7 Å². The molecule has 2 aromatic carbocycles. The lowest BCUT2D eigenvalue weighted by Crippen LogP contribution is -2.43. The molecule has 0 saturated carbocycles. The Morgan fingerprint density at radius 3 is 2.53 bits per heavy atom. The summed E-state index contributed by atoms with van der Waals surface area (Å²) in [6, 6.07) is 16.0. The van der Waals surface area contributed by atoms with Gasteiger partial charge in [-0.1, -0.05) is 47.7 Å². The molecule has 2 aliphatic rings. The third-order valence-electron chi connectivity index (χ3n) is 6.50. The van der Waals surface area contributed by atoms with Gasteiger partial charge in [-0.15, -0.1) is 5.10 Å². The zero-order chi connectivity index (χ0) is 23.5. The number of aromatic nitrogens is 3. The maximum Gasteiger partial charge on any atom is 0.276 e. The van der Waals surface area contributed by atoms with Crippen LogP contribution in [0.3, 0.4) is 0 Å². The van der Waals surface area contributed by atoms with Crippen LogP contribution in [0.4, 0.5) is 4.39 Å². The van der Waals surface area contributed by atoms with E-state index >= 15 is 0 Å². The average Bonchev–Trinajstić information content (AvgIpc) is 3.31. The number of hydrogen-bond donors (Lipinski definition) is 1. The Kier molecular flexibility index (Phi) is 6.35. The van der Waals surface area contributed by atoms with Gasteiger partial charge in [-0.05, 0) is 36.1 Å². The van der Waals surface area contributed by atoms with Crippen molar-refractivity contribution in [2.45, 2.75) is 38.6 Å². The summed E-state index contributed by atoms with van der Waals surface area (Å²) in [5.74, 6) is -0.571. The number of piperidine rings is 1. The van der Waals surface area contributed by atoms with E-state index in [9.17, 15) is 14.0 Å². The number of carbonyl (C=O) groups excluding carboxylic acids is 2. The van der Waals surface area contributed by atoms with Crippen molar-refractivity contribution in [1.82, 2.24) is 25.2 Å². The van der Waals surface area contributed by atoms with Crippen molar-refractivity contribution in [2.75, 3.05) is 13.1 Å². The normalized spacial score (nSPS) is 18.4. The van der Waals surface area contributed by atoms with E-state index in [1.54, 1.807) is 21.7 Å². The van der Waals surface area contributed by atoms with Crippen molar-refractivity contribution in [3.05, 3.63) is 82.9 Å². The first-order valence-electron chi connectivity index (χ1n) is 11.5. The smallest absolute Gasteiger partial charge is 0.276 e. The zero-order valence-electron chi connectivity index (χ0n) is 18.7. The Labute approximate surface area is 196 Å². The first kappa shape index (κ1) is 22.2. The van der Waals surface area contributed by atoms with Gasteiger partial charge in [0, 0.05) is 25.6 Å². The van der Waals surface area contributed by atoms with E-state index in [0.717, 1.165) is 11.1 Å². The van der Waals surface area contributed by atoms with Gasteiger partial charge in [-0.2, -0.15) is 0 Å². The lowest BCUT2D eigenvalue weighted by molar-refractivity contribution is -0.126. The fraction of sp³-hybridized carbons (Fsp3) is 0.360. The van der Waals surface area contributed by atoms with Gasteiger partial charge < -0.3 is 15.0 Å². The summed E-state index contributed by atoms with van der Waals surface area (Å²) in [6.07, 6.45) is 0.945. The minimum atomic E-state index is -0.300. The van der Waals surface area contributed by atoms with Crippen molar-refractivity contribution < 1.29 is 18.7 Å². The molecule has 1 fully saturated rings. The SMILES string of the molecule is O=C(NCc1ccccc1)C1CCN(C(=O)c2nnn3c2CO[C@@H](c2ccc(F)cc2)C3)CC1. The van der Waals surface area contributed by atoms with Crippen LogP contribution in [0.1, 0.15) is 46.3 Å². The fourth-order valence-corrected chi connectivity index (χ4v) is 4.48. The van der Waals surface area contributed by atoms with E-state index in [-0.39, 0.29) is 36.3 Å². The van der Waals surface area contributed by atoms with Crippen molar-refractivity contribution in [3.8, 4) is 0 Å². The van der Waals surface area contributed by atoms with Crippen LogP contribution in [0.15, 0.2) is 54.6 Å². The van der Waals surface area contributed by atoms with Gasteiger partial charge in [-0.25, -0.2) is 9.07 Å². The molecule has 1 saturated heterocycles. The van der Waals surface area contributed by atoms with Crippen LogP contribution >= 0.6 is 0 Å². The second-order valence-electron chi connectivity index (χ2n) is 8.69. The van der Waals surface area contributed by atoms with Crippen LogP contribution in [-0.2, 0) is 29.2 Å². The number of hydrogen-bond acceptors (Lipinski definition) is 5. The van der Waals surface area contributed by atoms with E-state index < -0.39 is 0 Å². The van der Waals surface area contributed by atoms with Gasteiger partial charge in [0.05, 0.1) is 18.8 Å². The van der Waals surface area contributed by atoms with E-state index in [1.807, 2.05) is 30.3 Å². The van der Waals surface area contributed by atoms with Crippen molar-refractivity contribution >= 4 is 11.8 Å². The molecule has 9 heteroatoms. The van der Waals surface area contributed by atoms with Gasteiger partial charge in [-0.3, -0.25) is 9.59 Å². The first-order chi connectivity index (χ1) is 16.6. The molecule has 3 aromatic rings. The Morgan fingerprint density at radius 2 is 1.79 bits per heavy atom. The standard InChI is InChI=1S/C25H26FN5O3/c26-20-8-6-18(7-9-20)22-15-31-21(16-34-22)23(28-29-31)25(33)30-12-10-19(11-13-30)24(32)27-14-17-4-2-1-3-5-17/h1-9,19,22H,10-16H2,(H,27,32)/t22-/m1/s1. The quantitative estimate of drug-likeness (QED) is 0.629. The monoisotopic (exact) mass is 463 g/mol. The maximum absolute atomic E-state index is 13.2. The largest absolute Gasteiger partial charge is 0.365 e. The van der Waals surface area contributed by atoms with Crippen molar-refractivity contribution in [3.63, 3.8) is 0 Å². The highest BCUT2D eigenvalue weighted by Gasteiger charge is 2.33. The number of carbonyl (C=O) groups is 2. The fourth-order valence-electron chi connectivity index (χ4n) is 4.48. The van der Waals surface area contributed by atoms with E-state index in [2.05, 4.69) is 15.6 Å². The molecule has 1 atom stereocenters. The number of likely N-dealkylation sites (tertiary alicyclic amines) is 1. The van der Waals surface area contributed by atoms with Gasteiger partial charge in [0.25, 0.3) is 5.91 Å². The van der Waals surface area contributed by atoms with Gasteiger partial charge in [0.1, 0.15) is 11.9 Å². The second-order valence-corrected chi connectivity index (χ2v) is 8.69. The first-order valence-corrected chi connectivity index (χ1v) is 11.5. The molecule has 5 rings (SSSR count). The molecule has 0 aliphatic carbocycles. The molecule has 0 radical (unpaired) electrons. The van der Waals surface area contributed by atoms with Crippen LogP contribution in [0.2, 0.25) is 0 Å². The van der Waals surface area contributed by atoms with Crippen molar-refractivity contribution in [2.24, 2.45) is 5.92 Å². The lowest BCUT2D eigenvalue weighted by Gasteiger charge is -2.31. The molecular weight excluding hydrogens is 437 g/mol. The number of nitrogens with zero attached hydrogens (tertiary/aromatic N) is 4. The molecule has 8 nitrogen and oxygen atoms in total. The summed E-state index contributed by atoms with van der Waals surface area (Å²) in [6.45, 7) is 2.10. The molecular formula is C25H26FN5O3. The van der Waals surface area contributed by atoms with E-state index in [1.165, 1.54) is 12.1 Å². The molecule has 0 spiro atoms. The molecule has 176 valence electrons. The van der Waals surface area contributed by atoms with Gasteiger partial charge in [0.2, 0.25) is 5.91 Å². The van der Waals surface area contributed by atoms with Crippen molar-refractivity contribution in [1.29, 1.82) is 0 Å². The number of fused-ring (bicyclic) bond motifs is 1. The van der Waals surface area contributed by atoms with E-state index in [0.29, 0.717) is 50.4 Å². The van der Waals surface area contributed by atoms with E-state index in [4.69, 9.17) is 4.74 Å². The Hall–Kier alpha value is -3.59. The predicted molar refractivity (Wildman–Crippen MR) is 121 cm³/mol. The van der Waals surface area contributed by atoms with Gasteiger partial charge in [0.15, 0.2) is 5.69 Å². The summed E-state index contributed by atoms with van der Waals surface area (Å²) >= 11 is 0. The molecule has 0 unspecified atom stereocenters. The van der Waals surface area contributed by atoms with Crippen LogP contribution < -0.4 is 5.32 Å². The predicted octanol–water partition coefficient (Wildman–Crippen LogP) is 2.86. The summed E-state index contributed by atoms with van der Waals surface area (Å²) < 4.78 is 20.8. The molecule has 0 bridgehead atoms. The summed E-state index contributed by atoms with van der Waals surface area (Å²) in [4.78, 5) is 27.4. The topological polar surface area (TPSA) is 89.4 Å². The minimum absolute atomic E-state index is 0.0252. The highest BCUT2D eigenvalue weighted by Crippen LogP contribution is 2.28. The summed E-state index contributed by atoms with van der Waals surface area (Å²) in [7, 11) is 0. The van der Waals surface area contributed by atoms with Crippen LogP contribution in [-0.4, -0.2) is 44.8 Å². The number of halogens is 1. The molecule has 34 heavy (non-hydrogen) atoms. The Balaban J connectivity index is 1.16. The maximum atomic E-state index is 13.2. The highest BCUT2D eigenvalue weighted by atomic mass is 19.1. The average molecular weight is 464 g/mol. The van der Waals surface area contributed by atoms with Gasteiger partial charge >= 0.3 is 0 Å². The molecule has 2 amide bonds. The van der Waals surface area contributed by atoms with Crippen LogP contribution in [0.5, 0.6) is 0 Å². The second kappa shape index (κ2) is 9.72. The summed E-state index contributed by atoms with van der Waals surface area (Å²) in [5.41, 5.74) is 2.85. The third kappa shape index (κ3) is 4.70. The molecule has 2 aliphatic heterocycles. The number of rotatable bonds is 5. The zero-order valence-corrected chi connectivity index (χ0v) is 18.7. The number of ether oxygens (including phenoxy) is 1. The minimum Gasteiger partial charge on any atom is -0.365 e. The lowest BCUT2D eigenvalue weighted by atomic mass is 9.95. The number of amides is 2. The highest BCUT2D eigenvalue weighted by molar-refractivity contribution is 5.93.